The summed E-state index contributed by atoms with van der Waals surface area (Å²) in [5.74, 6) is 4.55. The van der Waals surface area contributed by atoms with Gasteiger partial charge in [0.15, 0.2) is 0 Å². The molecule has 0 radical (unpaired) electrons. The van der Waals surface area contributed by atoms with Gasteiger partial charge < -0.3 is 0 Å². The number of rotatable bonds is 4. The molecule has 0 atom stereocenters. The average molecular weight is 1260 g/mol. The van der Waals surface area contributed by atoms with Gasteiger partial charge in [0.1, 0.15) is 0 Å². The molecular formula is C90H176. The van der Waals surface area contributed by atoms with Gasteiger partial charge in [0.2, 0.25) is 0 Å². The standard InChI is InChI=1S/C13H24.C13H12.C10H18.C10H8.C6H12.C6H6.16C2H6/c2*1-3-7-12(8-4-1)11-13-9-5-2-6-10-13;2*1-2-6-10-8-4-3-7-9(10)5-1;2*1-2-4-6-5-3-1;16*1-2/h12-13H,1-11H2;1-10H,11H2;9-10H,1-8H2;1-8H;1-6H2;1-6H;16*1-2H3. The summed E-state index contributed by atoms with van der Waals surface area (Å²) in [5.41, 5.74) is 2.74. The van der Waals surface area contributed by atoms with Crippen LogP contribution in [0.5, 0.6) is 0 Å². The second-order valence-electron chi connectivity index (χ2n) is 18.1. The Morgan fingerprint density at radius 1 is 0.189 bits per heavy atom. The molecule has 0 aliphatic heterocycles. The third-order valence-corrected chi connectivity index (χ3v) is 13.5. The summed E-state index contributed by atoms with van der Waals surface area (Å²) in [7, 11) is 0. The van der Waals surface area contributed by atoms with Gasteiger partial charge in [-0.05, 0) is 58.4 Å². The molecule has 0 amide bonds. The van der Waals surface area contributed by atoms with Crippen LogP contribution in [-0.4, -0.2) is 0 Å². The second-order valence-corrected chi connectivity index (χ2v) is 18.1. The van der Waals surface area contributed by atoms with Gasteiger partial charge in [0.25, 0.3) is 0 Å². The van der Waals surface area contributed by atoms with Gasteiger partial charge in [-0.1, -0.05) is 521 Å². The summed E-state index contributed by atoms with van der Waals surface area (Å²) in [4.78, 5) is 0. The van der Waals surface area contributed by atoms with E-state index in [0.29, 0.717) is 0 Å². The molecule has 0 bridgehead atoms. The first-order valence-corrected chi connectivity index (χ1v) is 40.3. The molecule has 0 saturated heterocycles. The summed E-state index contributed by atoms with van der Waals surface area (Å²) < 4.78 is 0. The van der Waals surface area contributed by atoms with Crippen molar-refractivity contribution in [2.75, 3.05) is 0 Å². The first-order chi connectivity index (χ1) is 44.8. The molecule has 5 aromatic rings. The molecule has 536 valence electrons. The van der Waals surface area contributed by atoms with E-state index >= 15 is 0 Å². The van der Waals surface area contributed by atoms with Crippen LogP contribution >= 0.6 is 0 Å². The van der Waals surface area contributed by atoms with Crippen molar-refractivity contribution in [3.63, 3.8) is 0 Å². The normalized spacial score (nSPS) is 14.3. The Balaban J connectivity index is -0.0000000751. The van der Waals surface area contributed by atoms with Gasteiger partial charge in [0, 0.05) is 0 Å². The van der Waals surface area contributed by atoms with Crippen molar-refractivity contribution in [2.45, 2.75) is 389 Å². The number of hydrogen-bond donors (Lipinski definition) is 0. The van der Waals surface area contributed by atoms with E-state index in [9.17, 15) is 0 Å². The Morgan fingerprint density at radius 3 is 0.544 bits per heavy atom. The minimum atomic E-state index is 1.03. The van der Waals surface area contributed by atoms with Gasteiger partial charge in [-0.3, -0.25) is 0 Å². The predicted molar refractivity (Wildman–Crippen MR) is 437 cm³/mol. The van der Waals surface area contributed by atoms with Crippen LogP contribution in [0.1, 0.15) is 393 Å². The molecule has 0 nitrogen and oxygen atoms in total. The fourth-order valence-corrected chi connectivity index (χ4v) is 10.2. The van der Waals surface area contributed by atoms with Crippen molar-refractivity contribution in [2.24, 2.45) is 23.7 Å². The highest BCUT2D eigenvalue weighted by molar-refractivity contribution is 5.82. The fraction of sp³-hybridized carbons (Fsp3) is 0.689. The monoisotopic (exact) mass is 1260 g/mol. The Hall–Kier alpha value is -3.64. The van der Waals surface area contributed by atoms with Crippen LogP contribution in [-0.2, 0) is 6.42 Å². The lowest BCUT2D eigenvalue weighted by Crippen LogP contribution is -2.22. The first-order valence-electron chi connectivity index (χ1n) is 40.3. The molecule has 90 heavy (non-hydrogen) atoms. The molecular weight excluding hydrogens is 1080 g/mol. The van der Waals surface area contributed by atoms with Crippen LogP contribution in [0.4, 0.5) is 0 Å². The van der Waals surface area contributed by atoms with Crippen molar-refractivity contribution in [1.82, 2.24) is 0 Å². The van der Waals surface area contributed by atoms with Gasteiger partial charge in [-0.2, -0.15) is 0 Å². The zero-order chi connectivity index (χ0) is 72.0. The highest BCUT2D eigenvalue weighted by Gasteiger charge is 2.27. The summed E-state index contributed by atoms with van der Waals surface area (Å²) in [6.07, 6.45) is 39.3. The molecule has 0 spiro atoms. The molecule has 5 aromatic carbocycles. The van der Waals surface area contributed by atoms with Crippen LogP contribution in [0.3, 0.4) is 0 Å². The highest BCUT2D eigenvalue weighted by atomic mass is 14.3. The average Bonchev–Trinajstić information content (AvgIpc) is 3.81. The van der Waals surface area contributed by atoms with Gasteiger partial charge in [-0.25, -0.2) is 0 Å². The molecule has 5 saturated carbocycles. The van der Waals surface area contributed by atoms with E-state index < -0.39 is 0 Å². The van der Waals surface area contributed by atoms with Crippen LogP contribution in [0, 0.1) is 23.7 Å². The van der Waals surface area contributed by atoms with Crippen LogP contribution < -0.4 is 0 Å². The summed E-state index contributed by atoms with van der Waals surface area (Å²) in [5, 5.41) is 2.62. The molecule has 5 aliphatic rings. The Kier molecular flexibility index (Phi) is 155. The molecule has 5 fully saturated rings. The third-order valence-electron chi connectivity index (χ3n) is 13.5. The maximum atomic E-state index is 2.16. The number of benzene rings is 5. The smallest absolute Gasteiger partial charge is 0.00258 e. The van der Waals surface area contributed by atoms with E-state index in [1.165, 1.54) is 125 Å². The Morgan fingerprint density at radius 2 is 0.344 bits per heavy atom. The molecule has 0 aromatic heterocycles. The van der Waals surface area contributed by atoms with Crippen molar-refractivity contribution in [1.29, 1.82) is 0 Å². The highest BCUT2D eigenvalue weighted by Crippen LogP contribution is 2.40. The van der Waals surface area contributed by atoms with Crippen LogP contribution in [0.25, 0.3) is 10.8 Å². The largest absolute Gasteiger partial charge is 0.0683 e. The Labute approximate surface area is 576 Å². The zero-order valence-electron chi connectivity index (χ0n) is 68.6. The van der Waals surface area contributed by atoms with Crippen molar-refractivity contribution < 1.29 is 0 Å². The van der Waals surface area contributed by atoms with E-state index in [1.807, 2.05) is 258 Å². The first kappa shape index (κ1) is 114. The van der Waals surface area contributed by atoms with Crippen LogP contribution in [0.2, 0.25) is 0 Å². The van der Waals surface area contributed by atoms with Gasteiger partial charge in [0.05, 0.1) is 0 Å². The van der Waals surface area contributed by atoms with Crippen molar-refractivity contribution in [3.8, 4) is 0 Å². The molecule has 0 heteroatoms. The molecule has 0 N–H and O–H groups in total. The summed E-state index contributed by atoms with van der Waals surface area (Å²) in [6, 6.07) is 49.8. The third kappa shape index (κ3) is 82.4. The van der Waals surface area contributed by atoms with Crippen LogP contribution in [0.15, 0.2) is 146 Å². The number of fused-ring (bicyclic) bond motifs is 2. The maximum absolute atomic E-state index is 2.16. The lowest BCUT2D eigenvalue weighted by molar-refractivity contribution is 0.171. The topological polar surface area (TPSA) is 0 Å². The zero-order valence-corrected chi connectivity index (χ0v) is 68.6. The SMILES string of the molecule is C1CCC(CC2CCCCC2)CC1.C1CCC2CCCCC2C1.C1CCCCC1.CC.CC.CC.CC.CC.CC.CC.CC.CC.CC.CC.CC.CC.CC.CC.CC.c1ccc(Cc2ccccc2)cc1.c1ccc2ccccc2c1.c1ccccc1. The lowest BCUT2D eigenvalue weighted by Gasteiger charge is -2.35. The molecule has 5 aliphatic carbocycles. The quantitative estimate of drug-likeness (QED) is 0.168. The van der Waals surface area contributed by atoms with E-state index in [0.717, 1.165) is 30.1 Å². The second kappa shape index (κ2) is 123. The molecule has 0 unspecified atom stereocenters. The Bertz CT molecular complexity index is 1460. The lowest BCUT2D eigenvalue weighted by atomic mass is 9.71. The van der Waals surface area contributed by atoms with E-state index in [-0.39, 0.29) is 0 Å². The van der Waals surface area contributed by atoms with Gasteiger partial charge >= 0.3 is 0 Å². The minimum Gasteiger partial charge on any atom is -0.0683 e. The minimum absolute atomic E-state index is 1.03. The fourth-order valence-electron chi connectivity index (χ4n) is 10.2. The summed E-state index contributed by atoms with van der Waals surface area (Å²) in [6.45, 7) is 64.0. The van der Waals surface area contributed by atoms with E-state index in [2.05, 4.69) is 109 Å². The van der Waals surface area contributed by atoms with Crippen molar-refractivity contribution >= 4 is 10.8 Å². The molecule has 0 heterocycles. The van der Waals surface area contributed by atoms with E-state index in [4.69, 9.17) is 0 Å². The molecule has 10 rings (SSSR count). The maximum Gasteiger partial charge on any atom is -0.00258 e. The van der Waals surface area contributed by atoms with Crippen molar-refractivity contribution in [3.05, 3.63) is 157 Å². The predicted octanol–water partition coefficient (Wildman–Crippen LogP) is 34.5. The van der Waals surface area contributed by atoms with E-state index in [1.54, 1.807) is 57.8 Å². The number of hydrogen-bond acceptors (Lipinski definition) is 0. The summed E-state index contributed by atoms with van der Waals surface area (Å²) >= 11 is 0. The van der Waals surface area contributed by atoms with Gasteiger partial charge in [-0.15, -0.1) is 0 Å².